The monoisotopic (exact) mass is 412 g/mol. The van der Waals surface area contributed by atoms with E-state index in [1.54, 1.807) is 42.5 Å². The second kappa shape index (κ2) is 9.07. The summed E-state index contributed by atoms with van der Waals surface area (Å²) in [5, 5.41) is 14.2. The number of para-hydroxylation sites is 2. The minimum absolute atomic E-state index is 0.0576. The summed E-state index contributed by atoms with van der Waals surface area (Å²) in [7, 11) is 0. The predicted octanol–water partition coefficient (Wildman–Crippen LogP) is 5.69. The van der Waals surface area contributed by atoms with Gasteiger partial charge < -0.3 is 14.8 Å². The van der Waals surface area contributed by atoms with Gasteiger partial charge in [0.2, 0.25) is 5.75 Å². The Morgan fingerprint density at radius 2 is 1.79 bits per heavy atom. The van der Waals surface area contributed by atoms with Crippen molar-refractivity contribution in [2.75, 3.05) is 11.9 Å². The first-order valence-electron chi connectivity index (χ1n) is 8.73. The first kappa shape index (κ1) is 20.2. The fourth-order valence-electron chi connectivity index (χ4n) is 2.57. The van der Waals surface area contributed by atoms with E-state index < -0.39 is 4.92 Å². The number of rotatable bonds is 7. The van der Waals surface area contributed by atoms with E-state index in [1.807, 2.05) is 13.0 Å². The van der Waals surface area contributed by atoms with Crippen LogP contribution in [0.2, 0.25) is 5.02 Å². The molecule has 1 N–H and O–H groups in total. The molecule has 148 valence electrons. The quantitative estimate of drug-likeness (QED) is 0.397. The third-order valence-electron chi connectivity index (χ3n) is 3.90. The van der Waals surface area contributed by atoms with Crippen LogP contribution < -0.4 is 14.8 Å². The van der Waals surface area contributed by atoms with Crippen molar-refractivity contribution >= 4 is 28.9 Å². The fraction of sp³-hybridized carbons (Fsp3) is 0.0952. The first-order chi connectivity index (χ1) is 14.0. The number of carbonyl (C=O) groups is 1. The maximum absolute atomic E-state index is 12.5. The minimum Gasteiger partial charge on any atom is -0.492 e. The summed E-state index contributed by atoms with van der Waals surface area (Å²) >= 11 is 5.80. The average Bonchev–Trinajstić information content (AvgIpc) is 2.71. The molecule has 0 atom stereocenters. The summed E-state index contributed by atoms with van der Waals surface area (Å²) < 4.78 is 11.1. The standard InChI is InChI=1S/C21H17ClN2O5/c1-2-28-19-6-4-3-5-17(19)23-21(25)14-7-10-16(11-8-14)29-20-12-9-15(22)13-18(20)24(26)27/h3-13H,2H2,1H3,(H,23,25). The Balaban J connectivity index is 1.74. The number of carbonyl (C=O) groups excluding carboxylic acids is 1. The normalized spacial score (nSPS) is 10.3. The molecule has 0 aliphatic carbocycles. The van der Waals surface area contributed by atoms with Crippen molar-refractivity contribution < 1.29 is 19.2 Å². The lowest BCUT2D eigenvalue weighted by Gasteiger charge is -2.11. The zero-order chi connectivity index (χ0) is 20.8. The molecule has 3 rings (SSSR count). The van der Waals surface area contributed by atoms with Gasteiger partial charge in [0.15, 0.2) is 0 Å². The number of benzene rings is 3. The molecule has 0 fully saturated rings. The number of nitro benzene ring substituents is 1. The molecule has 3 aromatic carbocycles. The topological polar surface area (TPSA) is 90.7 Å². The number of halogens is 1. The van der Waals surface area contributed by atoms with E-state index in [4.69, 9.17) is 21.1 Å². The highest BCUT2D eigenvalue weighted by molar-refractivity contribution is 6.30. The molecule has 29 heavy (non-hydrogen) atoms. The molecule has 0 bridgehead atoms. The third kappa shape index (κ3) is 5.03. The molecule has 0 aromatic heterocycles. The molecule has 3 aromatic rings. The average molecular weight is 413 g/mol. The van der Waals surface area contributed by atoms with Crippen LogP contribution in [0.3, 0.4) is 0 Å². The van der Waals surface area contributed by atoms with E-state index in [0.29, 0.717) is 29.4 Å². The molecule has 0 aliphatic heterocycles. The lowest BCUT2D eigenvalue weighted by atomic mass is 10.2. The van der Waals surface area contributed by atoms with Crippen LogP contribution in [0.4, 0.5) is 11.4 Å². The van der Waals surface area contributed by atoms with E-state index >= 15 is 0 Å². The van der Waals surface area contributed by atoms with Gasteiger partial charge >= 0.3 is 5.69 Å². The number of ether oxygens (including phenoxy) is 2. The molecule has 0 unspecified atom stereocenters. The highest BCUT2D eigenvalue weighted by Gasteiger charge is 2.17. The molecular weight excluding hydrogens is 396 g/mol. The largest absolute Gasteiger partial charge is 0.492 e. The summed E-state index contributed by atoms with van der Waals surface area (Å²) in [6.07, 6.45) is 0. The number of nitrogens with one attached hydrogen (secondary N) is 1. The van der Waals surface area contributed by atoms with Crippen LogP contribution in [-0.4, -0.2) is 17.4 Å². The van der Waals surface area contributed by atoms with Crippen molar-refractivity contribution in [1.29, 1.82) is 0 Å². The van der Waals surface area contributed by atoms with E-state index in [9.17, 15) is 14.9 Å². The lowest BCUT2D eigenvalue weighted by Crippen LogP contribution is -2.12. The van der Waals surface area contributed by atoms with Crippen LogP contribution >= 0.6 is 11.6 Å². The summed E-state index contributed by atoms with van der Waals surface area (Å²) in [5.74, 6) is 0.670. The van der Waals surface area contributed by atoms with Gasteiger partial charge in [0.05, 0.1) is 17.2 Å². The highest BCUT2D eigenvalue weighted by Crippen LogP contribution is 2.33. The number of hydrogen-bond acceptors (Lipinski definition) is 5. The summed E-state index contributed by atoms with van der Waals surface area (Å²) in [5.41, 5.74) is 0.720. The molecule has 1 amide bonds. The van der Waals surface area contributed by atoms with Crippen LogP contribution in [0.5, 0.6) is 17.2 Å². The van der Waals surface area contributed by atoms with Crippen LogP contribution in [-0.2, 0) is 0 Å². The Bertz CT molecular complexity index is 1040. The molecule has 0 aliphatic rings. The van der Waals surface area contributed by atoms with E-state index in [2.05, 4.69) is 5.32 Å². The number of nitrogens with zero attached hydrogens (tertiary/aromatic N) is 1. The Morgan fingerprint density at radius 1 is 1.07 bits per heavy atom. The fourth-order valence-corrected chi connectivity index (χ4v) is 2.73. The number of anilines is 1. The van der Waals surface area contributed by atoms with Crippen LogP contribution in [0.1, 0.15) is 17.3 Å². The predicted molar refractivity (Wildman–Crippen MR) is 110 cm³/mol. The van der Waals surface area contributed by atoms with Crippen molar-refractivity contribution in [3.8, 4) is 17.2 Å². The Hall–Kier alpha value is -3.58. The van der Waals surface area contributed by atoms with Gasteiger partial charge in [-0.25, -0.2) is 0 Å². The molecule has 0 radical (unpaired) electrons. The highest BCUT2D eigenvalue weighted by atomic mass is 35.5. The van der Waals surface area contributed by atoms with Gasteiger partial charge in [0, 0.05) is 16.7 Å². The van der Waals surface area contributed by atoms with E-state index in [-0.39, 0.29) is 22.4 Å². The Kier molecular flexibility index (Phi) is 6.31. The van der Waals surface area contributed by atoms with Crippen LogP contribution in [0.25, 0.3) is 0 Å². The minimum atomic E-state index is -0.571. The van der Waals surface area contributed by atoms with Gasteiger partial charge in [0.25, 0.3) is 5.91 Å². The number of amides is 1. The maximum atomic E-state index is 12.5. The second-order valence-corrected chi connectivity index (χ2v) is 6.32. The summed E-state index contributed by atoms with van der Waals surface area (Å²) in [6.45, 7) is 2.35. The van der Waals surface area contributed by atoms with Crippen molar-refractivity contribution in [3.05, 3.63) is 87.4 Å². The van der Waals surface area contributed by atoms with Gasteiger partial charge in [0.1, 0.15) is 11.5 Å². The zero-order valence-corrected chi connectivity index (χ0v) is 16.2. The Labute approximate surface area is 172 Å². The molecule has 0 spiro atoms. The zero-order valence-electron chi connectivity index (χ0n) is 15.4. The summed E-state index contributed by atoms with van der Waals surface area (Å²) in [6, 6.07) is 17.5. The van der Waals surface area contributed by atoms with Crippen molar-refractivity contribution in [2.24, 2.45) is 0 Å². The number of nitro groups is 1. The van der Waals surface area contributed by atoms with Crippen molar-refractivity contribution in [2.45, 2.75) is 6.92 Å². The van der Waals surface area contributed by atoms with Gasteiger partial charge in [-0.3, -0.25) is 14.9 Å². The van der Waals surface area contributed by atoms with E-state index in [0.717, 1.165) is 0 Å². The SMILES string of the molecule is CCOc1ccccc1NC(=O)c1ccc(Oc2ccc(Cl)cc2[N+](=O)[O-])cc1. The molecule has 0 saturated heterocycles. The Morgan fingerprint density at radius 3 is 2.48 bits per heavy atom. The lowest BCUT2D eigenvalue weighted by molar-refractivity contribution is -0.385. The first-order valence-corrected chi connectivity index (χ1v) is 9.10. The molecular formula is C21H17ClN2O5. The second-order valence-electron chi connectivity index (χ2n) is 5.88. The van der Waals surface area contributed by atoms with Gasteiger partial charge in [-0.05, 0) is 55.5 Å². The molecule has 0 heterocycles. The molecule has 0 saturated carbocycles. The van der Waals surface area contributed by atoms with Gasteiger partial charge in [-0.2, -0.15) is 0 Å². The van der Waals surface area contributed by atoms with Gasteiger partial charge in [-0.15, -0.1) is 0 Å². The molecule has 8 heteroatoms. The van der Waals surface area contributed by atoms with Crippen molar-refractivity contribution in [3.63, 3.8) is 0 Å². The third-order valence-corrected chi connectivity index (χ3v) is 4.13. The van der Waals surface area contributed by atoms with Crippen LogP contribution in [0.15, 0.2) is 66.7 Å². The molecule has 7 nitrogen and oxygen atoms in total. The van der Waals surface area contributed by atoms with E-state index in [1.165, 1.54) is 18.2 Å². The van der Waals surface area contributed by atoms with Crippen molar-refractivity contribution in [1.82, 2.24) is 0 Å². The number of hydrogen-bond donors (Lipinski definition) is 1. The maximum Gasteiger partial charge on any atom is 0.313 e. The smallest absolute Gasteiger partial charge is 0.313 e. The summed E-state index contributed by atoms with van der Waals surface area (Å²) in [4.78, 5) is 23.1. The van der Waals surface area contributed by atoms with Crippen LogP contribution in [0, 0.1) is 10.1 Å². The van der Waals surface area contributed by atoms with Gasteiger partial charge in [-0.1, -0.05) is 23.7 Å².